The molecule has 0 spiro atoms. The number of halogens is 1. The Hall–Kier alpha value is -1.10. The maximum absolute atomic E-state index is 13.2. The number of carbonyl (C=O) groups is 1. The molecule has 2 aliphatic rings. The van der Waals surface area contributed by atoms with Gasteiger partial charge in [-0.2, -0.15) is 0 Å². The maximum atomic E-state index is 13.2. The van der Waals surface area contributed by atoms with E-state index in [0.717, 1.165) is 64.0 Å². The summed E-state index contributed by atoms with van der Waals surface area (Å²) in [6.07, 6.45) is 4.06. The summed E-state index contributed by atoms with van der Waals surface area (Å²) in [5.41, 5.74) is 2.39. The highest BCUT2D eigenvalue weighted by Crippen LogP contribution is 2.35. The molecular formula is C21H33ClN2O2. The second kappa shape index (κ2) is 10.3. The molecule has 0 aliphatic carbocycles. The van der Waals surface area contributed by atoms with Crippen molar-refractivity contribution in [3.05, 3.63) is 35.4 Å². The number of ether oxygens (including phenoxy) is 1. The van der Waals surface area contributed by atoms with Gasteiger partial charge in [0, 0.05) is 19.7 Å². The van der Waals surface area contributed by atoms with E-state index < -0.39 is 0 Å². The number of carbonyl (C=O) groups excluding carboxylic acids is 1. The van der Waals surface area contributed by atoms with Crippen LogP contribution in [-0.2, 0) is 9.53 Å². The first-order chi connectivity index (χ1) is 12.2. The van der Waals surface area contributed by atoms with Gasteiger partial charge >= 0.3 is 0 Å². The standard InChI is InChI=1S/C21H32N2O2.ClH/c1-3-22-15-17-10-12-23(13-11-17)21(24)19-5-4-14-25-20(19)18-8-6-16(2)7-9-18;/h6-9,17,19-20,22H,3-5,10-15H2,1-2H3;1H. The van der Waals surface area contributed by atoms with Crippen LogP contribution in [0, 0.1) is 18.8 Å². The lowest BCUT2D eigenvalue weighted by Crippen LogP contribution is -2.45. The van der Waals surface area contributed by atoms with Crippen LogP contribution in [0.5, 0.6) is 0 Å². The fourth-order valence-corrected chi connectivity index (χ4v) is 4.06. The Kier molecular flexibility index (Phi) is 8.39. The van der Waals surface area contributed by atoms with Crippen molar-refractivity contribution in [2.45, 2.75) is 45.6 Å². The summed E-state index contributed by atoms with van der Waals surface area (Å²) in [6.45, 7) is 8.89. The van der Waals surface area contributed by atoms with Crippen molar-refractivity contribution >= 4 is 18.3 Å². The number of aryl methyl sites for hydroxylation is 1. The summed E-state index contributed by atoms with van der Waals surface area (Å²) >= 11 is 0. The topological polar surface area (TPSA) is 41.6 Å². The van der Waals surface area contributed by atoms with E-state index in [1.54, 1.807) is 0 Å². The average Bonchev–Trinajstić information content (AvgIpc) is 2.67. The first kappa shape index (κ1) is 21.2. The fourth-order valence-electron chi connectivity index (χ4n) is 4.06. The molecule has 0 aromatic heterocycles. The van der Waals surface area contributed by atoms with E-state index in [4.69, 9.17) is 4.74 Å². The van der Waals surface area contributed by atoms with Gasteiger partial charge < -0.3 is 15.0 Å². The summed E-state index contributed by atoms with van der Waals surface area (Å²) in [7, 11) is 0. The van der Waals surface area contributed by atoms with Crippen LogP contribution in [0.15, 0.2) is 24.3 Å². The van der Waals surface area contributed by atoms with Crippen molar-refractivity contribution in [1.29, 1.82) is 0 Å². The molecular weight excluding hydrogens is 348 g/mol. The lowest BCUT2D eigenvalue weighted by molar-refractivity contribution is -0.147. The second-order valence-electron chi connectivity index (χ2n) is 7.53. The van der Waals surface area contributed by atoms with Gasteiger partial charge in [-0.3, -0.25) is 4.79 Å². The van der Waals surface area contributed by atoms with E-state index in [-0.39, 0.29) is 24.4 Å². The van der Waals surface area contributed by atoms with E-state index in [1.807, 2.05) is 0 Å². The zero-order chi connectivity index (χ0) is 17.6. The number of nitrogens with one attached hydrogen (secondary N) is 1. The van der Waals surface area contributed by atoms with Gasteiger partial charge in [0.15, 0.2) is 0 Å². The number of hydrogen-bond donors (Lipinski definition) is 1. The first-order valence-electron chi connectivity index (χ1n) is 9.86. The summed E-state index contributed by atoms with van der Waals surface area (Å²) < 4.78 is 6.05. The van der Waals surface area contributed by atoms with Gasteiger partial charge in [0.25, 0.3) is 0 Å². The van der Waals surface area contributed by atoms with Crippen molar-refractivity contribution in [3.8, 4) is 0 Å². The molecule has 2 saturated heterocycles. The number of rotatable bonds is 5. The molecule has 2 unspecified atom stereocenters. The van der Waals surface area contributed by atoms with Crippen molar-refractivity contribution in [3.63, 3.8) is 0 Å². The molecule has 1 amide bonds. The summed E-state index contributed by atoms with van der Waals surface area (Å²) in [4.78, 5) is 15.2. The Morgan fingerprint density at radius 2 is 1.88 bits per heavy atom. The van der Waals surface area contributed by atoms with Gasteiger partial charge in [-0.05, 0) is 57.2 Å². The highest BCUT2D eigenvalue weighted by atomic mass is 35.5. The van der Waals surface area contributed by atoms with Crippen molar-refractivity contribution in [2.24, 2.45) is 11.8 Å². The smallest absolute Gasteiger partial charge is 0.228 e. The predicted molar refractivity (Wildman–Crippen MR) is 108 cm³/mol. The maximum Gasteiger partial charge on any atom is 0.228 e. The van der Waals surface area contributed by atoms with E-state index in [1.165, 1.54) is 5.56 Å². The van der Waals surface area contributed by atoms with Crippen LogP contribution in [-0.4, -0.2) is 43.6 Å². The van der Waals surface area contributed by atoms with Crippen LogP contribution in [0.1, 0.15) is 49.8 Å². The van der Waals surface area contributed by atoms with Crippen LogP contribution in [0.3, 0.4) is 0 Å². The molecule has 2 aliphatic heterocycles. The predicted octanol–water partition coefficient (Wildman–Crippen LogP) is 3.73. The second-order valence-corrected chi connectivity index (χ2v) is 7.53. The third-order valence-corrected chi connectivity index (χ3v) is 5.65. The number of amides is 1. The molecule has 4 nitrogen and oxygen atoms in total. The molecule has 0 radical (unpaired) electrons. The minimum absolute atomic E-state index is 0. The Bertz CT molecular complexity index is 556. The van der Waals surface area contributed by atoms with E-state index in [2.05, 4.69) is 48.3 Å². The SMILES string of the molecule is CCNCC1CCN(C(=O)C2CCCOC2c2ccc(C)cc2)CC1.Cl. The molecule has 3 rings (SSSR count). The van der Waals surface area contributed by atoms with Crippen LogP contribution < -0.4 is 5.32 Å². The molecule has 0 saturated carbocycles. The van der Waals surface area contributed by atoms with Crippen LogP contribution >= 0.6 is 12.4 Å². The highest BCUT2D eigenvalue weighted by Gasteiger charge is 2.36. The summed E-state index contributed by atoms with van der Waals surface area (Å²) in [6, 6.07) is 8.46. The lowest BCUT2D eigenvalue weighted by atomic mass is 9.87. The van der Waals surface area contributed by atoms with Crippen LogP contribution in [0.2, 0.25) is 0 Å². The number of piperidine rings is 1. The number of likely N-dealkylation sites (tertiary alicyclic amines) is 1. The largest absolute Gasteiger partial charge is 0.373 e. The van der Waals surface area contributed by atoms with Gasteiger partial charge in [0.2, 0.25) is 5.91 Å². The van der Waals surface area contributed by atoms with Gasteiger partial charge in [0.1, 0.15) is 0 Å². The minimum Gasteiger partial charge on any atom is -0.373 e. The first-order valence-corrected chi connectivity index (χ1v) is 9.86. The average molecular weight is 381 g/mol. The number of nitrogens with zero attached hydrogens (tertiary/aromatic N) is 1. The van der Waals surface area contributed by atoms with Gasteiger partial charge in [0.05, 0.1) is 12.0 Å². The molecule has 2 atom stereocenters. The van der Waals surface area contributed by atoms with Crippen molar-refractivity contribution in [1.82, 2.24) is 10.2 Å². The summed E-state index contributed by atoms with van der Waals surface area (Å²) in [5.74, 6) is 0.980. The van der Waals surface area contributed by atoms with Crippen molar-refractivity contribution in [2.75, 3.05) is 32.8 Å². The normalized spacial score (nSPS) is 24.2. The zero-order valence-electron chi connectivity index (χ0n) is 16.1. The van der Waals surface area contributed by atoms with Crippen molar-refractivity contribution < 1.29 is 9.53 Å². The molecule has 1 aromatic rings. The molecule has 5 heteroatoms. The fraction of sp³-hybridized carbons (Fsp3) is 0.667. The van der Waals surface area contributed by atoms with E-state index in [9.17, 15) is 4.79 Å². The Morgan fingerprint density at radius 3 is 2.54 bits per heavy atom. The van der Waals surface area contributed by atoms with E-state index in [0.29, 0.717) is 11.8 Å². The Balaban J connectivity index is 0.00000243. The zero-order valence-corrected chi connectivity index (χ0v) is 16.9. The van der Waals surface area contributed by atoms with Crippen LogP contribution in [0.4, 0.5) is 0 Å². The Labute approximate surface area is 164 Å². The monoisotopic (exact) mass is 380 g/mol. The van der Waals surface area contributed by atoms with Gasteiger partial charge in [-0.25, -0.2) is 0 Å². The number of hydrogen-bond acceptors (Lipinski definition) is 3. The third kappa shape index (κ3) is 5.21. The minimum atomic E-state index is -0.0821. The third-order valence-electron chi connectivity index (χ3n) is 5.65. The molecule has 2 fully saturated rings. The molecule has 26 heavy (non-hydrogen) atoms. The molecule has 1 aromatic carbocycles. The molecule has 1 N–H and O–H groups in total. The highest BCUT2D eigenvalue weighted by molar-refractivity contribution is 5.85. The van der Waals surface area contributed by atoms with Gasteiger partial charge in [-0.1, -0.05) is 36.8 Å². The number of benzene rings is 1. The quantitative estimate of drug-likeness (QED) is 0.846. The summed E-state index contributed by atoms with van der Waals surface area (Å²) in [5, 5.41) is 3.44. The molecule has 0 bridgehead atoms. The van der Waals surface area contributed by atoms with Crippen LogP contribution in [0.25, 0.3) is 0 Å². The molecule has 146 valence electrons. The lowest BCUT2D eigenvalue weighted by Gasteiger charge is -2.38. The molecule has 2 heterocycles. The Morgan fingerprint density at radius 1 is 1.19 bits per heavy atom. The van der Waals surface area contributed by atoms with E-state index >= 15 is 0 Å². The van der Waals surface area contributed by atoms with Gasteiger partial charge in [-0.15, -0.1) is 12.4 Å².